The standard InChI is InChI=1S/C22H21BrN2/c23-16-11-12-21-20(14-16)19(9-3-4-13-24)22(25-21)18-10-5-7-15-6-1-2-8-17(15)18/h1-2,5-8,10-12,14,25H,3-4,9,13,24H2. The lowest BCUT2D eigenvalue weighted by molar-refractivity contribution is 0.748. The molecule has 0 unspecified atom stereocenters. The predicted molar refractivity (Wildman–Crippen MR) is 111 cm³/mol. The number of hydrogen-bond donors (Lipinski definition) is 2. The topological polar surface area (TPSA) is 41.8 Å². The number of aryl methyl sites for hydroxylation is 1. The van der Waals surface area contributed by atoms with E-state index in [-0.39, 0.29) is 0 Å². The fraction of sp³-hybridized carbons (Fsp3) is 0.182. The van der Waals surface area contributed by atoms with Crippen LogP contribution in [0.15, 0.2) is 65.1 Å². The van der Waals surface area contributed by atoms with E-state index in [2.05, 4.69) is 81.6 Å². The van der Waals surface area contributed by atoms with Gasteiger partial charge in [-0.15, -0.1) is 0 Å². The Morgan fingerprint density at radius 3 is 2.60 bits per heavy atom. The molecule has 0 aliphatic rings. The first-order valence-corrected chi connectivity index (χ1v) is 9.55. The highest BCUT2D eigenvalue weighted by Gasteiger charge is 2.15. The third kappa shape index (κ3) is 3.10. The molecule has 0 saturated heterocycles. The molecule has 0 spiro atoms. The number of unbranched alkanes of at least 4 members (excludes halogenated alkanes) is 1. The Kier molecular flexibility index (Phi) is 4.60. The van der Waals surface area contributed by atoms with E-state index >= 15 is 0 Å². The highest BCUT2D eigenvalue weighted by molar-refractivity contribution is 9.10. The second kappa shape index (κ2) is 7.03. The first-order valence-electron chi connectivity index (χ1n) is 8.76. The summed E-state index contributed by atoms with van der Waals surface area (Å²) in [6, 6.07) is 21.6. The number of nitrogens with two attached hydrogens (primary N) is 1. The summed E-state index contributed by atoms with van der Waals surface area (Å²) in [6.45, 7) is 0.746. The summed E-state index contributed by atoms with van der Waals surface area (Å²) in [5.74, 6) is 0. The van der Waals surface area contributed by atoms with Crippen LogP contribution in [0.5, 0.6) is 0 Å². The Labute approximate surface area is 156 Å². The molecule has 0 radical (unpaired) electrons. The molecule has 4 rings (SSSR count). The van der Waals surface area contributed by atoms with E-state index in [1.165, 1.54) is 38.5 Å². The second-order valence-electron chi connectivity index (χ2n) is 6.44. The van der Waals surface area contributed by atoms with Crippen LogP contribution in [0.4, 0.5) is 0 Å². The van der Waals surface area contributed by atoms with Crippen molar-refractivity contribution in [2.45, 2.75) is 19.3 Å². The summed E-state index contributed by atoms with van der Waals surface area (Å²) >= 11 is 3.62. The molecule has 2 nitrogen and oxygen atoms in total. The fourth-order valence-corrected chi connectivity index (χ4v) is 3.96. The average Bonchev–Trinajstić information content (AvgIpc) is 2.99. The predicted octanol–water partition coefficient (Wildman–Crippen LogP) is 6.03. The zero-order chi connectivity index (χ0) is 17.2. The Hall–Kier alpha value is -2.10. The van der Waals surface area contributed by atoms with Gasteiger partial charge in [-0.3, -0.25) is 0 Å². The summed E-state index contributed by atoms with van der Waals surface area (Å²) in [7, 11) is 0. The molecule has 0 fully saturated rings. The van der Waals surface area contributed by atoms with Crippen molar-refractivity contribution in [3.8, 4) is 11.3 Å². The smallest absolute Gasteiger partial charge is 0.0503 e. The Balaban J connectivity index is 1.94. The minimum atomic E-state index is 0.746. The summed E-state index contributed by atoms with van der Waals surface area (Å²) in [4.78, 5) is 3.67. The molecular formula is C22H21BrN2. The zero-order valence-corrected chi connectivity index (χ0v) is 15.6. The van der Waals surface area contributed by atoms with E-state index in [9.17, 15) is 0 Å². The molecule has 1 aromatic heterocycles. The lowest BCUT2D eigenvalue weighted by Gasteiger charge is -2.09. The van der Waals surface area contributed by atoms with Crippen LogP contribution in [0, 0.1) is 0 Å². The molecule has 0 bridgehead atoms. The number of aromatic nitrogens is 1. The molecule has 0 amide bonds. The van der Waals surface area contributed by atoms with Gasteiger partial charge >= 0.3 is 0 Å². The SMILES string of the molecule is NCCCCc1c(-c2cccc3ccccc23)[nH]c2ccc(Br)cc12. The van der Waals surface area contributed by atoms with Gasteiger partial charge in [-0.05, 0) is 60.3 Å². The van der Waals surface area contributed by atoms with E-state index in [1.807, 2.05) is 0 Å². The summed E-state index contributed by atoms with van der Waals surface area (Å²) in [6.07, 6.45) is 3.19. The van der Waals surface area contributed by atoms with Gasteiger partial charge in [-0.1, -0.05) is 58.4 Å². The maximum atomic E-state index is 5.71. The maximum absolute atomic E-state index is 5.71. The van der Waals surface area contributed by atoms with Gasteiger partial charge in [-0.2, -0.15) is 0 Å². The number of benzene rings is 3. The van der Waals surface area contributed by atoms with Gasteiger partial charge in [0.15, 0.2) is 0 Å². The number of H-pyrrole nitrogens is 1. The average molecular weight is 393 g/mol. The van der Waals surface area contributed by atoms with E-state index < -0.39 is 0 Å². The van der Waals surface area contributed by atoms with Gasteiger partial charge in [0.2, 0.25) is 0 Å². The van der Waals surface area contributed by atoms with Crippen molar-refractivity contribution in [1.29, 1.82) is 0 Å². The van der Waals surface area contributed by atoms with E-state index in [0.717, 1.165) is 30.3 Å². The molecular weight excluding hydrogens is 372 g/mol. The number of fused-ring (bicyclic) bond motifs is 2. The zero-order valence-electron chi connectivity index (χ0n) is 14.1. The largest absolute Gasteiger partial charge is 0.354 e. The molecule has 1 heterocycles. The third-order valence-electron chi connectivity index (χ3n) is 4.81. The van der Waals surface area contributed by atoms with Gasteiger partial charge in [0.1, 0.15) is 0 Å². The van der Waals surface area contributed by atoms with Crippen LogP contribution >= 0.6 is 15.9 Å². The lowest BCUT2D eigenvalue weighted by atomic mass is 9.96. The molecule has 4 aromatic rings. The highest BCUT2D eigenvalue weighted by Crippen LogP contribution is 2.36. The number of halogens is 1. The highest BCUT2D eigenvalue weighted by atomic mass is 79.9. The summed E-state index contributed by atoms with van der Waals surface area (Å²) in [5, 5.41) is 3.86. The van der Waals surface area contributed by atoms with Crippen molar-refractivity contribution in [1.82, 2.24) is 4.98 Å². The molecule has 0 aliphatic carbocycles. The second-order valence-corrected chi connectivity index (χ2v) is 7.36. The van der Waals surface area contributed by atoms with Crippen LogP contribution in [0.1, 0.15) is 18.4 Å². The Bertz CT molecular complexity index is 1030. The van der Waals surface area contributed by atoms with Gasteiger partial charge in [0, 0.05) is 20.9 Å². The minimum Gasteiger partial charge on any atom is -0.354 e. The first-order chi connectivity index (χ1) is 12.3. The van der Waals surface area contributed by atoms with Gasteiger partial charge in [-0.25, -0.2) is 0 Å². The number of hydrogen-bond acceptors (Lipinski definition) is 1. The molecule has 0 aliphatic heterocycles. The van der Waals surface area contributed by atoms with Crippen LogP contribution in [0.2, 0.25) is 0 Å². The van der Waals surface area contributed by atoms with Crippen molar-refractivity contribution >= 4 is 37.6 Å². The molecule has 3 aromatic carbocycles. The Morgan fingerprint density at radius 2 is 1.72 bits per heavy atom. The van der Waals surface area contributed by atoms with Crippen molar-refractivity contribution < 1.29 is 0 Å². The number of nitrogens with one attached hydrogen (secondary N) is 1. The maximum Gasteiger partial charge on any atom is 0.0503 e. The van der Waals surface area contributed by atoms with Gasteiger partial charge < -0.3 is 10.7 Å². The van der Waals surface area contributed by atoms with Crippen LogP contribution in [0.3, 0.4) is 0 Å². The quantitative estimate of drug-likeness (QED) is 0.399. The van der Waals surface area contributed by atoms with Crippen molar-refractivity contribution in [3.63, 3.8) is 0 Å². The molecule has 126 valence electrons. The Morgan fingerprint density at radius 1 is 0.880 bits per heavy atom. The van der Waals surface area contributed by atoms with E-state index in [0.29, 0.717) is 0 Å². The van der Waals surface area contributed by atoms with Crippen molar-refractivity contribution in [2.24, 2.45) is 5.73 Å². The van der Waals surface area contributed by atoms with Crippen LogP contribution < -0.4 is 5.73 Å². The number of rotatable bonds is 5. The first kappa shape index (κ1) is 16.4. The minimum absolute atomic E-state index is 0.746. The third-order valence-corrected chi connectivity index (χ3v) is 5.30. The van der Waals surface area contributed by atoms with Crippen molar-refractivity contribution in [3.05, 3.63) is 70.7 Å². The molecule has 0 atom stereocenters. The van der Waals surface area contributed by atoms with Gasteiger partial charge in [0.25, 0.3) is 0 Å². The molecule has 3 N–H and O–H groups in total. The molecule has 25 heavy (non-hydrogen) atoms. The fourth-order valence-electron chi connectivity index (χ4n) is 3.60. The normalized spacial score (nSPS) is 11.4. The lowest BCUT2D eigenvalue weighted by Crippen LogP contribution is -1.99. The van der Waals surface area contributed by atoms with E-state index in [1.54, 1.807) is 0 Å². The summed E-state index contributed by atoms with van der Waals surface area (Å²) in [5.41, 5.74) is 10.8. The van der Waals surface area contributed by atoms with E-state index in [4.69, 9.17) is 5.73 Å². The molecule has 0 saturated carbocycles. The number of aromatic amines is 1. The summed E-state index contributed by atoms with van der Waals surface area (Å²) < 4.78 is 1.11. The van der Waals surface area contributed by atoms with Crippen LogP contribution in [-0.2, 0) is 6.42 Å². The van der Waals surface area contributed by atoms with Gasteiger partial charge in [0.05, 0.1) is 5.69 Å². The van der Waals surface area contributed by atoms with Crippen LogP contribution in [-0.4, -0.2) is 11.5 Å². The molecule has 3 heteroatoms. The van der Waals surface area contributed by atoms with Crippen LogP contribution in [0.25, 0.3) is 32.9 Å². The monoisotopic (exact) mass is 392 g/mol. The van der Waals surface area contributed by atoms with Crippen molar-refractivity contribution in [2.75, 3.05) is 6.54 Å².